The maximum absolute atomic E-state index is 12.5. The van der Waals surface area contributed by atoms with Gasteiger partial charge >= 0.3 is 17.8 Å². The standard InChI is InChI=1S/C26H24ClN3O6/c1-4-35-19-12-10-18(11-13-19)28-24(31)25(32)30-29-16(2)17-9-14-22(23(15-17)34-3)36-26(33)20-7-5-6-8-21(20)27/h5-15H,4H2,1-3H3,(H,28,31)(H,30,32). The molecule has 0 unspecified atom stereocenters. The first kappa shape index (κ1) is 26.2. The Hall–Kier alpha value is -4.37. The predicted octanol–water partition coefficient (Wildman–Crippen LogP) is 4.45. The van der Waals surface area contributed by atoms with Crippen LogP contribution in [0, 0.1) is 0 Å². The Bertz CT molecular complexity index is 1290. The average molecular weight is 510 g/mol. The van der Waals surface area contributed by atoms with Gasteiger partial charge in [0.15, 0.2) is 11.5 Å². The Morgan fingerprint density at radius 2 is 1.67 bits per heavy atom. The molecule has 2 N–H and O–H groups in total. The van der Waals surface area contributed by atoms with E-state index < -0.39 is 17.8 Å². The van der Waals surface area contributed by atoms with E-state index in [0.29, 0.717) is 29.3 Å². The lowest BCUT2D eigenvalue weighted by molar-refractivity contribution is -0.136. The number of carbonyl (C=O) groups excluding carboxylic acids is 3. The van der Waals surface area contributed by atoms with E-state index in [-0.39, 0.29) is 22.1 Å². The van der Waals surface area contributed by atoms with Crippen molar-refractivity contribution < 1.29 is 28.6 Å². The number of ether oxygens (including phenoxy) is 3. The minimum Gasteiger partial charge on any atom is -0.494 e. The second-order valence-electron chi connectivity index (χ2n) is 7.28. The summed E-state index contributed by atoms with van der Waals surface area (Å²) in [7, 11) is 1.42. The molecular weight excluding hydrogens is 486 g/mol. The highest BCUT2D eigenvalue weighted by Gasteiger charge is 2.17. The summed E-state index contributed by atoms with van der Waals surface area (Å²) in [5, 5.41) is 6.73. The molecule has 0 bridgehead atoms. The molecule has 0 fully saturated rings. The Balaban J connectivity index is 1.64. The molecule has 0 aliphatic heterocycles. The van der Waals surface area contributed by atoms with Gasteiger partial charge in [-0.1, -0.05) is 23.7 Å². The number of hydrazone groups is 1. The van der Waals surface area contributed by atoms with E-state index in [2.05, 4.69) is 15.8 Å². The second kappa shape index (κ2) is 12.4. The predicted molar refractivity (Wildman–Crippen MR) is 136 cm³/mol. The number of methoxy groups -OCH3 is 1. The van der Waals surface area contributed by atoms with Crippen LogP contribution in [-0.2, 0) is 9.59 Å². The maximum Gasteiger partial charge on any atom is 0.345 e. The van der Waals surface area contributed by atoms with Crippen molar-refractivity contribution in [1.29, 1.82) is 0 Å². The zero-order chi connectivity index (χ0) is 26.1. The molecule has 3 aromatic rings. The van der Waals surface area contributed by atoms with Crippen LogP contribution in [0.2, 0.25) is 5.02 Å². The van der Waals surface area contributed by atoms with Crippen LogP contribution in [0.4, 0.5) is 5.69 Å². The lowest BCUT2D eigenvalue weighted by Gasteiger charge is -2.12. The van der Waals surface area contributed by atoms with Gasteiger partial charge in [-0.25, -0.2) is 10.2 Å². The molecule has 0 aromatic heterocycles. The van der Waals surface area contributed by atoms with Crippen molar-refractivity contribution in [2.24, 2.45) is 5.10 Å². The van der Waals surface area contributed by atoms with Gasteiger partial charge in [0.25, 0.3) is 0 Å². The van der Waals surface area contributed by atoms with Crippen molar-refractivity contribution in [1.82, 2.24) is 5.43 Å². The number of hydrogen-bond acceptors (Lipinski definition) is 7. The van der Waals surface area contributed by atoms with Crippen LogP contribution in [0.1, 0.15) is 29.8 Å². The van der Waals surface area contributed by atoms with Crippen molar-refractivity contribution in [2.45, 2.75) is 13.8 Å². The zero-order valence-corrected chi connectivity index (χ0v) is 20.6. The van der Waals surface area contributed by atoms with Gasteiger partial charge in [0.2, 0.25) is 0 Å². The van der Waals surface area contributed by atoms with E-state index >= 15 is 0 Å². The minimum absolute atomic E-state index is 0.178. The van der Waals surface area contributed by atoms with E-state index in [9.17, 15) is 14.4 Å². The first-order valence-corrected chi connectivity index (χ1v) is 11.2. The highest BCUT2D eigenvalue weighted by atomic mass is 35.5. The highest BCUT2D eigenvalue weighted by Crippen LogP contribution is 2.30. The summed E-state index contributed by atoms with van der Waals surface area (Å²) in [6.07, 6.45) is 0. The van der Waals surface area contributed by atoms with Crippen LogP contribution >= 0.6 is 11.6 Å². The maximum atomic E-state index is 12.5. The highest BCUT2D eigenvalue weighted by molar-refractivity contribution is 6.39. The van der Waals surface area contributed by atoms with Crippen LogP contribution < -0.4 is 25.0 Å². The van der Waals surface area contributed by atoms with Crippen LogP contribution in [0.15, 0.2) is 71.8 Å². The SMILES string of the molecule is CCOc1ccc(NC(=O)C(=O)NN=C(C)c2ccc(OC(=O)c3ccccc3Cl)c(OC)c2)cc1. The van der Waals surface area contributed by atoms with Gasteiger partial charge in [0.05, 0.1) is 30.0 Å². The van der Waals surface area contributed by atoms with Crippen LogP contribution in [0.25, 0.3) is 0 Å². The van der Waals surface area contributed by atoms with E-state index in [1.807, 2.05) is 6.92 Å². The third kappa shape index (κ3) is 6.83. The molecule has 0 saturated heterocycles. The number of nitrogens with zero attached hydrogens (tertiary/aromatic N) is 1. The van der Waals surface area contributed by atoms with Gasteiger partial charge < -0.3 is 19.5 Å². The van der Waals surface area contributed by atoms with Crippen LogP contribution in [0.5, 0.6) is 17.2 Å². The monoisotopic (exact) mass is 509 g/mol. The molecule has 0 aliphatic rings. The molecule has 3 rings (SSSR count). The van der Waals surface area contributed by atoms with Crippen molar-refractivity contribution in [3.8, 4) is 17.2 Å². The molecule has 2 amide bonds. The van der Waals surface area contributed by atoms with Gasteiger partial charge in [0.1, 0.15) is 5.75 Å². The van der Waals surface area contributed by atoms with Gasteiger partial charge in [0, 0.05) is 11.3 Å². The van der Waals surface area contributed by atoms with Crippen molar-refractivity contribution in [3.63, 3.8) is 0 Å². The summed E-state index contributed by atoms with van der Waals surface area (Å²) in [5.74, 6) is -1.36. The summed E-state index contributed by atoms with van der Waals surface area (Å²) in [6.45, 7) is 4.02. The minimum atomic E-state index is -0.944. The quantitative estimate of drug-likeness (QED) is 0.152. The molecule has 186 valence electrons. The third-order valence-corrected chi connectivity index (χ3v) is 5.16. The van der Waals surface area contributed by atoms with Gasteiger partial charge in [-0.3, -0.25) is 9.59 Å². The first-order chi connectivity index (χ1) is 17.3. The van der Waals surface area contributed by atoms with E-state index in [0.717, 1.165) is 0 Å². The summed E-state index contributed by atoms with van der Waals surface area (Å²) in [6, 6.07) is 17.9. The molecule has 0 saturated carbocycles. The average Bonchev–Trinajstić information content (AvgIpc) is 2.88. The summed E-state index contributed by atoms with van der Waals surface area (Å²) in [5.41, 5.74) is 3.82. The smallest absolute Gasteiger partial charge is 0.345 e. The number of anilines is 1. The van der Waals surface area contributed by atoms with E-state index in [1.165, 1.54) is 13.2 Å². The second-order valence-corrected chi connectivity index (χ2v) is 7.69. The fraction of sp³-hybridized carbons (Fsp3) is 0.154. The lowest BCUT2D eigenvalue weighted by atomic mass is 10.1. The molecular formula is C26H24ClN3O6. The number of amides is 2. The Morgan fingerprint density at radius 3 is 2.33 bits per heavy atom. The van der Waals surface area contributed by atoms with E-state index in [1.54, 1.807) is 67.6 Å². The largest absolute Gasteiger partial charge is 0.494 e. The van der Waals surface area contributed by atoms with Crippen LogP contribution in [-0.4, -0.2) is 37.2 Å². The third-order valence-electron chi connectivity index (χ3n) is 4.83. The molecule has 36 heavy (non-hydrogen) atoms. The molecule has 3 aromatic carbocycles. The molecule has 9 nitrogen and oxygen atoms in total. The molecule has 0 spiro atoms. The zero-order valence-electron chi connectivity index (χ0n) is 19.8. The first-order valence-electron chi connectivity index (χ1n) is 10.9. The summed E-state index contributed by atoms with van der Waals surface area (Å²) < 4.78 is 16.1. The van der Waals surface area contributed by atoms with Crippen molar-refractivity contribution in [2.75, 3.05) is 19.0 Å². The fourth-order valence-electron chi connectivity index (χ4n) is 3.00. The number of esters is 1. The van der Waals surface area contributed by atoms with Crippen molar-refractivity contribution >= 4 is 40.8 Å². The number of halogens is 1. The number of rotatable bonds is 8. The van der Waals surface area contributed by atoms with Gasteiger partial charge in [-0.05, 0) is 68.4 Å². The summed E-state index contributed by atoms with van der Waals surface area (Å²) >= 11 is 6.06. The number of benzene rings is 3. The van der Waals surface area contributed by atoms with E-state index in [4.69, 9.17) is 25.8 Å². The Morgan fingerprint density at radius 1 is 0.944 bits per heavy atom. The number of carbonyl (C=O) groups is 3. The number of nitrogens with one attached hydrogen (secondary N) is 2. The molecule has 10 heteroatoms. The van der Waals surface area contributed by atoms with Crippen molar-refractivity contribution in [3.05, 3.63) is 82.9 Å². The molecule has 0 radical (unpaired) electrons. The molecule has 0 atom stereocenters. The topological polar surface area (TPSA) is 115 Å². The molecule has 0 aliphatic carbocycles. The lowest BCUT2D eigenvalue weighted by Crippen LogP contribution is -2.32. The van der Waals surface area contributed by atoms with Gasteiger partial charge in [-0.2, -0.15) is 5.10 Å². The normalized spacial score (nSPS) is 10.8. The summed E-state index contributed by atoms with van der Waals surface area (Å²) in [4.78, 5) is 36.8. The molecule has 0 heterocycles. The number of hydrogen-bond donors (Lipinski definition) is 2. The Kier molecular flexibility index (Phi) is 9.01. The Labute approximate surface area is 213 Å². The fourth-order valence-corrected chi connectivity index (χ4v) is 3.21. The van der Waals surface area contributed by atoms with Gasteiger partial charge in [-0.15, -0.1) is 0 Å². The van der Waals surface area contributed by atoms with Crippen LogP contribution in [0.3, 0.4) is 0 Å².